The van der Waals surface area contributed by atoms with Gasteiger partial charge >= 0.3 is 17.9 Å². The van der Waals surface area contributed by atoms with E-state index in [1.165, 1.54) is 0 Å². The lowest BCUT2D eigenvalue weighted by atomic mass is 9.75. The van der Waals surface area contributed by atoms with Crippen LogP contribution in [0.15, 0.2) is 0 Å². The standard InChI is InChI=1S/C11H14O5/c1-2-15-9(12)6-3-4-7-8(5-6)11(14)16-10(7)13/h6-8H,2-5H2,1H3/t6-,7-,8-/m0/s1. The van der Waals surface area contributed by atoms with Gasteiger partial charge in [-0.1, -0.05) is 0 Å². The summed E-state index contributed by atoms with van der Waals surface area (Å²) in [4.78, 5) is 34.1. The lowest BCUT2D eigenvalue weighted by molar-refractivity contribution is -0.153. The molecule has 0 aromatic carbocycles. The lowest BCUT2D eigenvalue weighted by Gasteiger charge is -2.25. The van der Waals surface area contributed by atoms with Crippen LogP contribution in [-0.4, -0.2) is 24.5 Å². The smallest absolute Gasteiger partial charge is 0.317 e. The molecule has 1 aliphatic heterocycles. The van der Waals surface area contributed by atoms with Gasteiger partial charge in [0.2, 0.25) is 0 Å². The van der Waals surface area contributed by atoms with E-state index < -0.39 is 17.9 Å². The minimum absolute atomic E-state index is 0.264. The fourth-order valence-electron chi connectivity index (χ4n) is 2.44. The zero-order chi connectivity index (χ0) is 11.7. The number of fused-ring (bicyclic) bond motifs is 1. The number of carbonyl (C=O) groups is 3. The quantitative estimate of drug-likeness (QED) is 0.511. The third-order valence-corrected chi connectivity index (χ3v) is 3.28. The maximum absolute atomic E-state index is 11.5. The molecule has 16 heavy (non-hydrogen) atoms. The van der Waals surface area contributed by atoms with E-state index in [0.717, 1.165) is 0 Å². The summed E-state index contributed by atoms with van der Waals surface area (Å²) in [5.74, 6) is -2.22. The Morgan fingerprint density at radius 1 is 1.31 bits per heavy atom. The molecule has 1 saturated carbocycles. The Bertz CT molecular complexity index is 335. The van der Waals surface area contributed by atoms with Gasteiger partial charge in [0.1, 0.15) is 0 Å². The van der Waals surface area contributed by atoms with Crippen molar-refractivity contribution in [2.45, 2.75) is 26.2 Å². The largest absolute Gasteiger partial charge is 0.466 e. The first-order chi connectivity index (χ1) is 7.63. The fourth-order valence-corrected chi connectivity index (χ4v) is 2.44. The van der Waals surface area contributed by atoms with Gasteiger partial charge in [-0.05, 0) is 26.2 Å². The van der Waals surface area contributed by atoms with E-state index in [-0.39, 0.29) is 17.8 Å². The van der Waals surface area contributed by atoms with Crippen LogP contribution in [0, 0.1) is 17.8 Å². The summed E-state index contributed by atoms with van der Waals surface area (Å²) in [6.07, 6.45) is 1.52. The van der Waals surface area contributed by atoms with Gasteiger partial charge in [0.15, 0.2) is 0 Å². The van der Waals surface area contributed by atoms with Crippen molar-refractivity contribution in [3.8, 4) is 0 Å². The molecular weight excluding hydrogens is 212 g/mol. The number of cyclic esters (lactones) is 2. The number of rotatable bonds is 2. The van der Waals surface area contributed by atoms with Gasteiger partial charge in [-0.3, -0.25) is 14.4 Å². The molecule has 1 saturated heterocycles. The van der Waals surface area contributed by atoms with Crippen molar-refractivity contribution in [1.82, 2.24) is 0 Å². The van der Waals surface area contributed by atoms with Crippen LogP contribution in [0.3, 0.4) is 0 Å². The minimum Gasteiger partial charge on any atom is -0.466 e. The third-order valence-electron chi connectivity index (χ3n) is 3.28. The Labute approximate surface area is 93.1 Å². The Morgan fingerprint density at radius 3 is 2.69 bits per heavy atom. The summed E-state index contributed by atoms with van der Waals surface area (Å²) in [5, 5.41) is 0. The van der Waals surface area contributed by atoms with E-state index >= 15 is 0 Å². The molecule has 0 bridgehead atoms. The predicted octanol–water partition coefficient (Wildman–Crippen LogP) is 0.665. The Hall–Kier alpha value is -1.39. The number of hydrogen-bond acceptors (Lipinski definition) is 5. The molecule has 0 spiro atoms. The number of esters is 3. The van der Waals surface area contributed by atoms with Crippen molar-refractivity contribution in [2.75, 3.05) is 6.61 Å². The molecule has 1 heterocycles. The highest BCUT2D eigenvalue weighted by Crippen LogP contribution is 2.39. The summed E-state index contributed by atoms with van der Waals surface area (Å²) in [5.41, 5.74) is 0. The Balaban J connectivity index is 2.02. The highest BCUT2D eigenvalue weighted by Gasteiger charge is 2.49. The summed E-state index contributed by atoms with van der Waals surface area (Å²) in [6, 6.07) is 0. The normalized spacial score (nSPS) is 33.2. The lowest BCUT2D eigenvalue weighted by Crippen LogP contribution is -2.31. The van der Waals surface area contributed by atoms with E-state index in [0.29, 0.717) is 25.9 Å². The zero-order valence-corrected chi connectivity index (χ0v) is 9.10. The molecule has 0 N–H and O–H groups in total. The predicted molar refractivity (Wildman–Crippen MR) is 52.1 cm³/mol. The summed E-state index contributed by atoms with van der Waals surface area (Å²) in [6.45, 7) is 2.09. The Morgan fingerprint density at radius 2 is 2.00 bits per heavy atom. The maximum Gasteiger partial charge on any atom is 0.317 e. The fraction of sp³-hybridized carbons (Fsp3) is 0.727. The zero-order valence-electron chi connectivity index (χ0n) is 9.10. The van der Waals surface area contributed by atoms with Crippen LogP contribution >= 0.6 is 0 Å². The van der Waals surface area contributed by atoms with Gasteiger partial charge < -0.3 is 9.47 Å². The van der Waals surface area contributed by atoms with Crippen LogP contribution in [0.4, 0.5) is 0 Å². The SMILES string of the molecule is CCOC(=O)[C@H]1CC[C@@H]2C(=O)OC(=O)[C@H]2C1. The van der Waals surface area contributed by atoms with Gasteiger partial charge in [0.25, 0.3) is 0 Å². The van der Waals surface area contributed by atoms with Crippen LogP contribution < -0.4 is 0 Å². The third kappa shape index (κ3) is 1.81. The first-order valence-corrected chi connectivity index (χ1v) is 5.55. The number of hydrogen-bond donors (Lipinski definition) is 0. The molecule has 0 aromatic rings. The molecule has 88 valence electrons. The second kappa shape index (κ2) is 4.23. The van der Waals surface area contributed by atoms with Gasteiger partial charge in [0, 0.05) is 0 Å². The first kappa shape index (κ1) is 11.1. The van der Waals surface area contributed by atoms with Crippen molar-refractivity contribution in [3.63, 3.8) is 0 Å². The first-order valence-electron chi connectivity index (χ1n) is 5.55. The highest BCUT2D eigenvalue weighted by molar-refractivity contribution is 5.97. The van der Waals surface area contributed by atoms with Crippen LogP contribution in [0.5, 0.6) is 0 Å². The molecule has 0 aromatic heterocycles. The van der Waals surface area contributed by atoms with Crippen molar-refractivity contribution in [3.05, 3.63) is 0 Å². The molecule has 1 aliphatic carbocycles. The van der Waals surface area contributed by atoms with Gasteiger partial charge in [0.05, 0.1) is 24.4 Å². The highest BCUT2D eigenvalue weighted by atomic mass is 16.6. The topological polar surface area (TPSA) is 69.7 Å². The van der Waals surface area contributed by atoms with Crippen molar-refractivity contribution in [1.29, 1.82) is 0 Å². The number of ether oxygens (including phenoxy) is 2. The molecule has 5 heteroatoms. The molecule has 2 rings (SSSR count). The second-order valence-electron chi connectivity index (χ2n) is 4.22. The number of carbonyl (C=O) groups excluding carboxylic acids is 3. The molecule has 2 aliphatic rings. The molecular formula is C11H14O5. The molecule has 0 radical (unpaired) electrons. The summed E-state index contributed by atoms with van der Waals surface area (Å²) in [7, 11) is 0. The molecule has 3 atom stereocenters. The molecule has 0 amide bonds. The minimum atomic E-state index is -0.482. The van der Waals surface area contributed by atoms with Crippen LogP contribution in [-0.2, 0) is 23.9 Å². The van der Waals surface area contributed by atoms with Crippen LogP contribution in [0.2, 0.25) is 0 Å². The van der Waals surface area contributed by atoms with Crippen molar-refractivity contribution in [2.24, 2.45) is 17.8 Å². The molecule has 5 nitrogen and oxygen atoms in total. The van der Waals surface area contributed by atoms with Gasteiger partial charge in [-0.2, -0.15) is 0 Å². The van der Waals surface area contributed by atoms with E-state index in [1.54, 1.807) is 6.92 Å². The average Bonchev–Trinajstić information content (AvgIpc) is 2.55. The maximum atomic E-state index is 11.5. The van der Waals surface area contributed by atoms with Crippen LogP contribution in [0.25, 0.3) is 0 Å². The van der Waals surface area contributed by atoms with Crippen molar-refractivity contribution >= 4 is 17.9 Å². The van der Waals surface area contributed by atoms with E-state index in [4.69, 9.17) is 4.74 Å². The van der Waals surface area contributed by atoms with E-state index in [9.17, 15) is 14.4 Å². The average molecular weight is 226 g/mol. The Kier molecular flexibility index (Phi) is 2.94. The van der Waals surface area contributed by atoms with Crippen molar-refractivity contribution < 1.29 is 23.9 Å². The molecule has 0 unspecified atom stereocenters. The summed E-state index contributed by atoms with van der Waals surface area (Å²) >= 11 is 0. The monoisotopic (exact) mass is 226 g/mol. The molecule has 2 fully saturated rings. The second-order valence-corrected chi connectivity index (χ2v) is 4.22. The van der Waals surface area contributed by atoms with E-state index in [1.807, 2.05) is 0 Å². The summed E-state index contributed by atoms with van der Waals surface area (Å²) < 4.78 is 9.48. The van der Waals surface area contributed by atoms with Gasteiger partial charge in [-0.25, -0.2) is 0 Å². The van der Waals surface area contributed by atoms with E-state index in [2.05, 4.69) is 4.74 Å². The van der Waals surface area contributed by atoms with Crippen LogP contribution in [0.1, 0.15) is 26.2 Å². The van der Waals surface area contributed by atoms with Gasteiger partial charge in [-0.15, -0.1) is 0 Å².